The molecule has 3 nitrogen and oxygen atoms in total. The van der Waals surface area contributed by atoms with Gasteiger partial charge in [-0.2, -0.15) is 11.3 Å². The van der Waals surface area contributed by atoms with Gasteiger partial charge >= 0.3 is 0 Å². The van der Waals surface area contributed by atoms with Crippen molar-refractivity contribution < 1.29 is 9.53 Å². The number of hydrogen-bond donors (Lipinski definition) is 1. The number of hydrogen-bond acceptors (Lipinski definition) is 3. The van der Waals surface area contributed by atoms with Crippen molar-refractivity contribution in [1.29, 1.82) is 0 Å². The summed E-state index contributed by atoms with van der Waals surface area (Å²) in [6.45, 7) is 0.430. The minimum atomic E-state index is -0.130. The first-order valence-corrected chi connectivity index (χ1v) is 5.63. The number of ether oxygens (including phenoxy) is 1. The maximum atomic E-state index is 11.5. The van der Waals surface area contributed by atoms with Gasteiger partial charge in [-0.3, -0.25) is 4.79 Å². The van der Waals surface area contributed by atoms with Crippen LogP contribution in [0.5, 0.6) is 0 Å². The van der Waals surface area contributed by atoms with E-state index in [0.29, 0.717) is 18.1 Å². The predicted molar refractivity (Wildman–Crippen MR) is 58.2 cm³/mol. The van der Waals surface area contributed by atoms with Gasteiger partial charge in [0.25, 0.3) is 5.91 Å². The number of alkyl halides is 1. The third-order valence-corrected chi connectivity index (χ3v) is 2.73. The van der Waals surface area contributed by atoms with E-state index < -0.39 is 0 Å². The van der Waals surface area contributed by atoms with Crippen molar-refractivity contribution in [3.63, 3.8) is 0 Å². The van der Waals surface area contributed by atoms with E-state index in [1.54, 1.807) is 18.6 Å². The number of amides is 1. The molecule has 0 saturated heterocycles. The molecule has 0 fully saturated rings. The summed E-state index contributed by atoms with van der Waals surface area (Å²) in [5.74, 6) is 0.248. The highest BCUT2D eigenvalue weighted by molar-refractivity contribution is 7.08. The normalized spacial score (nSPS) is 12.4. The van der Waals surface area contributed by atoms with Crippen LogP contribution < -0.4 is 5.32 Å². The lowest BCUT2D eigenvalue weighted by Crippen LogP contribution is -2.39. The van der Waals surface area contributed by atoms with Gasteiger partial charge in [0.05, 0.1) is 12.6 Å². The van der Waals surface area contributed by atoms with Crippen LogP contribution in [0.15, 0.2) is 16.8 Å². The Hall–Kier alpha value is -0.580. The zero-order chi connectivity index (χ0) is 10.4. The Kier molecular flexibility index (Phi) is 4.93. The molecule has 14 heavy (non-hydrogen) atoms. The lowest BCUT2D eigenvalue weighted by atomic mass is 10.3. The molecule has 0 radical (unpaired) electrons. The summed E-state index contributed by atoms with van der Waals surface area (Å²) in [6.07, 6.45) is 0. The number of thiophene rings is 1. The highest BCUT2D eigenvalue weighted by Crippen LogP contribution is 2.06. The van der Waals surface area contributed by atoms with Crippen molar-refractivity contribution in [3.05, 3.63) is 22.4 Å². The van der Waals surface area contributed by atoms with Crippen molar-refractivity contribution in [2.24, 2.45) is 0 Å². The zero-order valence-corrected chi connectivity index (χ0v) is 9.40. The quantitative estimate of drug-likeness (QED) is 0.787. The maximum absolute atomic E-state index is 11.5. The minimum absolute atomic E-state index is 0.103. The van der Waals surface area contributed by atoms with Gasteiger partial charge in [0.1, 0.15) is 0 Å². The molecule has 0 aliphatic heterocycles. The van der Waals surface area contributed by atoms with Gasteiger partial charge in [-0.25, -0.2) is 0 Å². The average Bonchev–Trinajstić information content (AvgIpc) is 2.69. The molecule has 0 aliphatic carbocycles. The van der Waals surface area contributed by atoms with Crippen molar-refractivity contribution in [2.75, 3.05) is 19.6 Å². The van der Waals surface area contributed by atoms with Gasteiger partial charge in [-0.05, 0) is 11.4 Å². The fourth-order valence-electron chi connectivity index (χ4n) is 0.988. The molecule has 0 saturated carbocycles. The van der Waals surface area contributed by atoms with Gasteiger partial charge in [0.2, 0.25) is 0 Å². The van der Waals surface area contributed by atoms with E-state index in [9.17, 15) is 4.79 Å². The summed E-state index contributed by atoms with van der Waals surface area (Å²) in [7, 11) is 1.58. The Morgan fingerprint density at radius 3 is 3.07 bits per heavy atom. The molecule has 1 atom stereocenters. The van der Waals surface area contributed by atoms with Crippen LogP contribution >= 0.6 is 22.9 Å². The molecule has 5 heteroatoms. The van der Waals surface area contributed by atoms with Crippen LogP contribution in [-0.4, -0.2) is 31.5 Å². The molecule has 78 valence electrons. The SMILES string of the molecule is COCC(CCl)NC(=O)c1ccsc1. The fraction of sp³-hybridized carbons (Fsp3) is 0.444. The first-order valence-electron chi connectivity index (χ1n) is 4.16. The Balaban J connectivity index is 2.47. The largest absolute Gasteiger partial charge is 0.383 e. The van der Waals surface area contributed by atoms with Crippen LogP contribution in [0.1, 0.15) is 10.4 Å². The van der Waals surface area contributed by atoms with Crippen LogP contribution in [0, 0.1) is 0 Å². The maximum Gasteiger partial charge on any atom is 0.252 e. The molecule has 0 aromatic carbocycles. The second-order valence-corrected chi connectivity index (χ2v) is 3.88. The Morgan fingerprint density at radius 2 is 2.57 bits per heavy atom. The summed E-state index contributed by atoms with van der Waals surface area (Å²) in [4.78, 5) is 11.5. The molecule has 0 aliphatic rings. The number of rotatable bonds is 5. The topological polar surface area (TPSA) is 38.3 Å². The molecule has 1 N–H and O–H groups in total. The highest BCUT2D eigenvalue weighted by atomic mass is 35.5. The van der Waals surface area contributed by atoms with Crippen LogP contribution in [0.3, 0.4) is 0 Å². The van der Waals surface area contributed by atoms with E-state index in [1.807, 2.05) is 5.38 Å². The van der Waals surface area contributed by atoms with Crippen LogP contribution in [-0.2, 0) is 4.74 Å². The van der Waals surface area contributed by atoms with E-state index in [4.69, 9.17) is 16.3 Å². The number of methoxy groups -OCH3 is 1. The molecule has 1 amide bonds. The fourth-order valence-corrected chi connectivity index (χ4v) is 1.79. The second kappa shape index (κ2) is 6.01. The summed E-state index contributed by atoms with van der Waals surface area (Å²) >= 11 is 7.15. The first kappa shape index (κ1) is 11.5. The van der Waals surface area contributed by atoms with Gasteiger partial charge in [0.15, 0.2) is 0 Å². The first-order chi connectivity index (χ1) is 6.77. The Morgan fingerprint density at radius 1 is 1.79 bits per heavy atom. The summed E-state index contributed by atoms with van der Waals surface area (Å²) < 4.78 is 4.92. The lowest BCUT2D eigenvalue weighted by molar-refractivity contribution is 0.0907. The smallest absolute Gasteiger partial charge is 0.252 e. The monoisotopic (exact) mass is 233 g/mol. The van der Waals surface area contributed by atoms with Gasteiger partial charge in [-0.1, -0.05) is 0 Å². The number of carbonyl (C=O) groups is 1. The molecule has 0 bridgehead atoms. The van der Waals surface area contributed by atoms with Crippen molar-refractivity contribution in [2.45, 2.75) is 6.04 Å². The van der Waals surface area contributed by atoms with Crippen LogP contribution in [0.4, 0.5) is 0 Å². The van der Waals surface area contributed by atoms with Crippen molar-refractivity contribution in [1.82, 2.24) is 5.32 Å². The number of halogens is 1. The average molecular weight is 234 g/mol. The Bertz CT molecular complexity index is 276. The highest BCUT2D eigenvalue weighted by Gasteiger charge is 2.12. The van der Waals surface area contributed by atoms with Crippen molar-refractivity contribution in [3.8, 4) is 0 Å². The third-order valence-electron chi connectivity index (χ3n) is 1.67. The van der Waals surface area contributed by atoms with E-state index >= 15 is 0 Å². The molecule has 0 spiro atoms. The minimum Gasteiger partial charge on any atom is -0.383 e. The van der Waals surface area contributed by atoms with E-state index in [0.717, 1.165) is 0 Å². The molecule has 1 rings (SSSR count). The van der Waals surface area contributed by atoms with Gasteiger partial charge in [-0.15, -0.1) is 11.6 Å². The lowest BCUT2D eigenvalue weighted by Gasteiger charge is -2.14. The van der Waals surface area contributed by atoms with Gasteiger partial charge < -0.3 is 10.1 Å². The van der Waals surface area contributed by atoms with E-state index in [-0.39, 0.29) is 11.9 Å². The standard InChI is InChI=1S/C9H12ClNO2S/c1-13-5-8(4-10)11-9(12)7-2-3-14-6-7/h2-3,6,8H,4-5H2,1H3,(H,11,12). The molecule has 1 unspecified atom stereocenters. The second-order valence-electron chi connectivity index (χ2n) is 2.79. The van der Waals surface area contributed by atoms with Crippen molar-refractivity contribution >= 4 is 28.8 Å². The summed E-state index contributed by atoms with van der Waals surface area (Å²) in [5.41, 5.74) is 0.668. The predicted octanol–water partition coefficient (Wildman–Crippen LogP) is 1.73. The molecular weight excluding hydrogens is 222 g/mol. The summed E-state index contributed by atoms with van der Waals surface area (Å²) in [6, 6.07) is 1.65. The summed E-state index contributed by atoms with van der Waals surface area (Å²) in [5, 5.41) is 6.44. The van der Waals surface area contributed by atoms with Crippen LogP contribution in [0.2, 0.25) is 0 Å². The molecular formula is C9H12ClNO2S. The molecule has 1 heterocycles. The molecule has 1 aromatic heterocycles. The molecule has 1 aromatic rings. The van der Waals surface area contributed by atoms with E-state index in [1.165, 1.54) is 11.3 Å². The zero-order valence-electron chi connectivity index (χ0n) is 7.83. The van der Waals surface area contributed by atoms with Gasteiger partial charge in [0, 0.05) is 23.9 Å². The number of carbonyl (C=O) groups excluding carboxylic acids is 1. The number of nitrogens with one attached hydrogen (secondary N) is 1. The third kappa shape index (κ3) is 3.29. The van der Waals surface area contributed by atoms with E-state index in [2.05, 4.69) is 5.32 Å². The van der Waals surface area contributed by atoms with Crippen LogP contribution in [0.25, 0.3) is 0 Å². The Labute approximate surface area is 92.0 Å².